The van der Waals surface area contributed by atoms with Crippen molar-refractivity contribution < 1.29 is 10.0 Å². The molecule has 0 unspecified atom stereocenters. The van der Waals surface area contributed by atoms with Gasteiger partial charge in [-0.3, -0.25) is 4.79 Å². The summed E-state index contributed by atoms with van der Waals surface area (Å²) in [6.07, 6.45) is 0. The number of amidine groups is 1. The molecule has 0 spiro atoms. The first-order valence-corrected chi connectivity index (χ1v) is 5.32. The molecule has 0 bridgehead atoms. The third-order valence-corrected chi connectivity index (χ3v) is 2.80. The Morgan fingerprint density at radius 3 is 2.82 bits per heavy atom. The van der Waals surface area contributed by atoms with Gasteiger partial charge in [0.05, 0.1) is 17.1 Å². The molecule has 0 saturated heterocycles. The minimum Gasteiger partial charge on any atom is -0.409 e. The molecule has 0 aliphatic carbocycles. The zero-order valence-electron chi connectivity index (χ0n) is 9.64. The maximum absolute atomic E-state index is 12.0. The second kappa shape index (κ2) is 5.54. The van der Waals surface area contributed by atoms with Crippen LogP contribution in [-0.2, 0) is 0 Å². The number of hydrogen-bond acceptors (Lipinski definition) is 3. The Kier molecular flexibility index (Phi) is 4.34. The minimum absolute atomic E-state index is 0.0374. The summed E-state index contributed by atoms with van der Waals surface area (Å²) in [5.74, 6) is -0.310. The monoisotopic (exact) mass is 255 g/mol. The molecule has 17 heavy (non-hydrogen) atoms. The highest BCUT2D eigenvalue weighted by atomic mass is 35.5. The molecule has 0 radical (unpaired) electrons. The van der Waals surface area contributed by atoms with E-state index < -0.39 is 0 Å². The van der Waals surface area contributed by atoms with Crippen molar-refractivity contribution in [3.8, 4) is 0 Å². The molecule has 1 aromatic rings. The number of nitrogens with zero attached hydrogens (tertiary/aromatic N) is 2. The zero-order valence-corrected chi connectivity index (χ0v) is 10.4. The molecule has 0 fully saturated rings. The van der Waals surface area contributed by atoms with Crippen molar-refractivity contribution in [1.29, 1.82) is 0 Å². The lowest BCUT2D eigenvalue weighted by atomic mass is 10.1. The Morgan fingerprint density at radius 1 is 1.59 bits per heavy atom. The van der Waals surface area contributed by atoms with E-state index in [1.54, 1.807) is 19.2 Å². The summed E-state index contributed by atoms with van der Waals surface area (Å²) in [6.45, 7) is 1.86. The number of halogens is 1. The van der Waals surface area contributed by atoms with Crippen LogP contribution in [0.3, 0.4) is 0 Å². The highest BCUT2D eigenvalue weighted by Crippen LogP contribution is 2.21. The number of oxime groups is 1. The Labute approximate surface area is 104 Å². The summed E-state index contributed by atoms with van der Waals surface area (Å²) >= 11 is 6.04. The van der Waals surface area contributed by atoms with E-state index in [4.69, 9.17) is 22.5 Å². The summed E-state index contributed by atoms with van der Waals surface area (Å²) in [6, 6.07) is 5.22. The van der Waals surface area contributed by atoms with E-state index in [1.165, 1.54) is 4.90 Å². The second-order valence-electron chi connectivity index (χ2n) is 3.69. The van der Waals surface area contributed by atoms with Crippen LogP contribution >= 0.6 is 11.6 Å². The highest BCUT2D eigenvalue weighted by Gasteiger charge is 2.16. The average Bonchev–Trinajstić information content (AvgIpc) is 2.31. The summed E-state index contributed by atoms with van der Waals surface area (Å²) < 4.78 is 0. The van der Waals surface area contributed by atoms with Crippen LogP contribution in [0.5, 0.6) is 0 Å². The maximum atomic E-state index is 12.0. The smallest absolute Gasteiger partial charge is 0.255 e. The van der Waals surface area contributed by atoms with Crippen LogP contribution in [0.1, 0.15) is 15.9 Å². The molecule has 0 heterocycles. The van der Waals surface area contributed by atoms with E-state index in [2.05, 4.69) is 5.16 Å². The van der Waals surface area contributed by atoms with Gasteiger partial charge in [-0.05, 0) is 18.6 Å². The van der Waals surface area contributed by atoms with Gasteiger partial charge in [0.2, 0.25) is 0 Å². The van der Waals surface area contributed by atoms with Crippen LogP contribution in [0.25, 0.3) is 0 Å². The first-order valence-electron chi connectivity index (χ1n) is 4.94. The van der Waals surface area contributed by atoms with Crippen LogP contribution in [0.2, 0.25) is 5.02 Å². The molecule has 0 saturated carbocycles. The van der Waals surface area contributed by atoms with Crippen LogP contribution in [0, 0.1) is 6.92 Å². The van der Waals surface area contributed by atoms with E-state index in [0.29, 0.717) is 10.6 Å². The summed E-state index contributed by atoms with van der Waals surface area (Å²) in [5, 5.41) is 11.7. The van der Waals surface area contributed by atoms with Crippen molar-refractivity contribution in [3.05, 3.63) is 34.3 Å². The maximum Gasteiger partial charge on any atom is 0.255 e. The summed E-state index contributed by atoms with van der Waals surface area (Å²) in [5.41, 5.74) is 6.56. The predicted octanol–water partition coefficient (Wildman–Crippen LogP) is 1.47. The molecule has 0 aromatic heterocycles. The quantitative estimate of drug-likeness (QED) is 0.372. The first kappa shape index (κ1) is 13.3. The molecule has 6 heteroatoms. The van der Waals surface area contributed by atoms with E-state index in [-0.39, 0.29) is 18.3 Å². The molecule has 5 nitrogen and oxygen atoms in total. The van der Waals surface area contributed by atoms with Crippen LogP contribution in [0.4, 0.5) is 0 Å². The van der Waals surface area contributed by atoms with Gasteiger partial charge in [0.15, 0.2) is 5.84 Å². The van der Waals surface area contributed by atoms with Crippen molar-refractivity contribution in [2.75, 3.05) is 13.6 Å². The topological polar surface area (TPSA) is 78.9 Å². The van der Waals surface area contributed by atoms with Crippen molar-refractivity contribution in [2.45, 2.75) is 6.92 Å². The van der Waals surface area contributed by atoms with Crippen LogP contribution in [-0.4, -0.2) is 35.4 Å². The van der Waals surface area contributed by atoms with Crippen molar-refractivity contribution >= 4 is 23.3 Å². The van der Waals surface area contributed by atoms with Gasteiger partial charge in [0.1, 0.15) is 0 Å². The Morgan fingerprint density at radius 2 is 2.24 bits per heavy atom. The van der Waals surface area contributed by atoms with Gasteiger partial charge in [0.25, 0.3) is 5.91 Å². The summed E-state index contributed by atoms with van der Waals surface area (Å²) in [4.78, 5) is 13.3. The molecule has 1 rings (SSSR count). The normalized spacial score (nSPS) is 11.4. The molecule has 1 amide bonds. The SMILES string of the molecule is Cc1cccc(C(=O)N(C)C/C(N)=N/O)c1Cl. The molecule has 92 valence electrons. The van der Waals surface area contributed by atoms with E-state index >= 15 is 0 Å². The number of benzene rings is 1. The fourth-order valence-electron chi connectivity index (χ4n) is 1.36. The molecule has 3 N–H and O–H groups in total. The predicted molar refractivity (Wildman–Crippen MR) is 66.6 cm³/mol. The number of hydrogen-bond donors (Lipinski definition) is 2. The number of rotatable bonds is 3. The van der Waals surface area contributed by atoms with Gasteiger partial charge in [0, 0.05) is 7.05 Å². The van der Waals surface area contributed by atoms with Crippen LogP contribution < -0.4 is 5.73 Å². The molecule has 0 aliphatic heterocycles. The van der Waals surface area contributed by atoms with Crippen LogP contribution in [0.15, 0.2) is 23.4 Å². The molecule has 0 aliphatic rings. The number of carbonyl (C=O) groups excluding carboxylic acids is 1. The number of likely N-dealkylation sites (N-methyl/N-ethyl adjacent to an activating group) is 1. The van der Waals surface area contributed by atoms with Gasteiger partial charge < -0.3 is 15.8 Å². The van der Waals surface area contributed by atoms with Gasteiger partial charge in [-0.15, -0.1) is 0 Å². The van der Waals surface area contributed by atoms with E-state index in [9.17, 15) is 4.79 Å². The summed E-state index contributed by atoms with van der Waals surface area (Å²) in [7, 11) is 1.55. The molecular formula is C11H14ClN3O2. The average molecular weight is 256 g/mol. The Bertz CT molecular complexity index is 460. The van der Waals surface area contributed by atoms with Gasteiger partial charge in [-0.1, -0.05) is 28.9 Å². The molecule has 1 aromatic carbocycles. The van der Waals surface area contributed by atoms with Gasteiger partial charge >= 0.3 is 0 Å². The fourth-order valence-corrected chi connectivity index (χ4v) is 1.57. The lowest BCUT2D eigenvalue weighted by Gasteiger charge is -2.17. The zero-order chi connectivity index (χ0) is 13.0. The van der Waals surface area contributed by atoms with Gasteiger partial charge in [-0.25, -0.2) is 0 Å². The standard InChI is InChI=1S/C11H14ClN3O2/c1-7-4-3-5-8(10(7)12)11(16)15(2)6-9(13)14-17/h3-5,17H,6H2,1-2H3,(H2,13,14). The third kappa shape index (κ3) is 3.10. The van der Waals surface area contributed by atoms with Crippen molar-refractivity contribution in [3.63, 3.8) is 0 Å². The van der Waals surface area contributed by atoms with Crippen molar-refractivity contribution in [1.82, 2.24) is 4.90 Å². The fraction of sp³-hybridized carbons (Fsp3) is 0.273. The first-order chi connectivity index (χ1) is 7.97. The lowest BCUT2D eigenvalue weighted by Crippen LogP contribution is -2.35. The highest BCUT2D eigenvalue weighted by molar-refractivity contribution is 6.34. The Balaban J connectivity index is 2.93. The molecular weight excluding hydrogens is 242 g/mol. The minimum atomic E-state index is -0.273. The largest absolute Gasteiger partial charge is 0.409 e. The number of aryl methyl sites for hydroxylation is 1. The lowest BCUT2D eigenvalue weighted by molar-refractivity contribution is 0.0814. The third-order valence-electron chi connectivity index (χ3n) is 2.30. The van der Waals surface area contributed by atoms with E-state index in [0.717, 1.165) is 5.56 Å². The van der Waals surface area contributed by atoms with Crippen molar-refractivity contribution in [2.24, 2.45) is 10.9 Å². The number of amides is 1. The van der Waals surface area contributed by atoms with Gasteiger partial charge in [-0.2, -0.15) is 0 Å². The second-order valence-corrected chi connectivity index (χ2v) is 4.07. The van der Waals surface area contributed by atoms with E-state index in [1.807, 2.05) is 13.0 Å². The Hall–Kier alpha value is -1.75. The number of carbonyl (C=O) groups is 1. The molecule has 0 atom stereocenters. The number of nitrogens with two attached hydrogens (primary N) is 1.